The Kier molecular flexibility index (Phi) is 14.7. The Morgan fingerprint density at radius 3 is 0.483 bits per heavy atom. The van der Waals surface area contributed by atoms with Crippen LogP contribution < -0.4 is 0 Å². The number of hydrogen-bond acceptors (Lipinski definition) is 4. The first-order valence-electron chi connectivity index (χ1n) is 8.54. The van der Waals surface area contributed by atoms with Crippen LogP contribution in [0.25, 0.3) is 0 Å². The van der Waals surface area contributed by atoms with Gasteiger partial charge in [-0.1, -0.05) is 72.8 Å². The summed E-state index contributed by atoms with van der Waals surface area (Å²) in [6, 6.07) is 34.9. The fourth-order valence-electron chi connectivity index (χ4n) is 1.71. The summed E-state index contributed by atoms with van der Waals surface area (Å²) < 4.78 is 0. The van der Waals surface area contributed by atoms with E-state index < -0.39 is 0 Å². The van der Waals surface area contributed by atoms with Crippen LogP contribution in [0, 0.1) is 0 Å². The van der Waals surface area contributed by atoms with Crippen molar-refractivity contribution in [3.05, 3.63) is 121 Å². The minimum absolute atomic E-state index is 0. The van der Waals surface area contributed by atoms with Crippen LogP contribution in [0.4, 0.5) is 0 Å². The lowest BCUT2D eigenvalue weighted by Crippen LogP contribution is -1.56. The van der Waals surface area contributed by atoms with E-state index in [1.54, 1.807) is 97.1 Å². The second-order valence-electron chi connectivity index (χ2n) is 5.34. The Balaban J connectivity index is 0.000000356. The Morgan fingerprint density at radius 1 is 0.276 bits per heavy atom. The van der Waals surface area contributed by atoms with E-state index in [1.807, 2.05) is 24.3 Å². The lowest BCUT2D eigenvalue weighted by molar-refractivity contribution is 0.475. The van der Waals surface area contributed by atoms with Crippen LogP contribution in [0.15, 0.2) is 121 Å². The molecule has 152 valence electrons. The smallest absolute Gasteiger partial charge is 0.115 e. The molecule has 0 bridgehead atoms. The molecule has 4 N–H and O–H groups in total. The summed E-state index contributed by atoms with van der Waals surface area (Å²) in [6.45, 7) is 0. The molecule has 0 fully saturated rings. The maximum Gasteiger partial charge on any atom is 0.115 e. The van der Waals surface area contributed by atoms with E-state index in [2.05, 4.69) is 0 Å². The molecule has 0 aliphatic carbocycles. The van der Waals surface area contributed by atoms with Gasteiger partial charge in [-0.05, 0) is 48.5 Å². The molecule has 4 rings (SSSR count). The van der Waals surface area contributed by atoms with Gasteiger partial charge in [0.2, 0.25) is 0 Å². The van der Waals surface area contributed by atoms with Gasteiger partial charge in [0.05, 0.1) is 0 Å². The minimum atomic E-state index is 0. The van der Waals surface area contributed by atoms with Crippen molar-refractivity contribution in [3.8, 4) is 23.0 Å². The average molecular weight is 410 g/mol. The second-order valence-corrected chi connectivity index (χ2v) is 5.34. The predicted molar refractivity (Wildman–Crippen MR) is 124 cm³/mol. The monoisotopic (exact) mass is 410 g/mol. The molecule has 0 aromatic heterocycles. The third-order valence-electron chi connectivity index (χ3n) is 3.02. The third-order valence-corrected chi connectivity index (χ3v) is 3.02. The van der Waals surface area contributed by atoms with Crippen molar-refractivity contribution in [2.24, 2.45) is 0 Å². The highest BCUT2D eigenvalue weighted by molar-refractivity contribution is 6.92. The van der Waals surface area contributed by atoms with Crippen molar-refractivity contribution < 1.29 is 20.4 Å². The SMILES string of the molecule is Oc1ccccc1.Oc1ccccc1.Oc1ccccc1.Oc1ccccc1.P. The number of hydrogen-bond donors (Lipinski definition) is 4. The number of rotatable bonds is 0. The summed E-state index contributed by atoms with van der Waals surface area (Å²) in [5.74, 6) is 1.29. The van der Waals surface area contributed by atoms with Gasteiger partial charge in [0, 0.05) is 0 Å². The molecule has 0 heterocycles. The summed E-state index contributed by atoms with van der Waals surface area (Å²) in [4.78, 5) is 0. The van der Waals surface area contributed by atoms with Crippen LogP contribution in [0.2, 0.25) is 0 Å². The first kappa shape index (κ1) is 25.5. The highest BCUT2D eigenvalue weighted by atomic mass is 31.0. The van der Waals surface area contributed by atoms with Gasteiger partial charge in [0.15, 0.2) is 0 Å². The van der Waals surface area contributed by atoms with Crippen LogP contribution >= 0.6 is 9.90 Å². The van der Waals surface area contributed by atoms with Crippen molar-refractivity contribution in [3.63, 3.8) is 0 Å². The molecule has 0 amide bonds. The number of benzene rings is 4. The predicted octanol–water partition coefficient (Wildman–Crippen LogP) is 5.63. The molecule has 5 heteroatoms. The fraction of sp³-hybridized carbons (Fsp3) is 0. The summed E-state index contributed by atoms with van der Waals surface area (Å²) in [5.41, 5.74) is 0. The lowest BCUT2D eigenvalue weighted by Gasteiger charge is -1.82. The third kappa shape index (κ3) is 15.3. The van der Waals surface area contributed by atoms with Crippen molar-refractivity contribution in [1.29, 1.82) is 0 Å². The van der Waals surface area contributed by atoms with Crippen LogP contribution in [0.3, 0.4) is 0 Å². The number of phenolic OH excluding ortho intramolecular Hbond substituents is 4. The van der Waals surface area contributed by atoms with E-state index in [-0.39, 0.29) is 9.90 Å². The van der Waals surface area contributed by atoms with Crippen LogP contribution in [-0.4, -0.2) is 20.4 Å². The Hall–Kier alpha value is -3.49. The van der Waals surface area contributed by atoms with E-state index in [0.29, 0.717) is 23.0 Å². The van der Waals surface area contributed by atoms with Gasteiger partial charge in [-0.25, -0.2) is 0 Å². The van der Waals surface area contributed by atoms with Crippen molar-refractivity contribution in [2.75, 3.05) is 0 Å². The zero-order valence-corrected chi connectivity index (χ0v) is 17.5. The van der Waals surface area contributed by atoms with Crippen LogP contribution in [-0.2, 0) is 0 Å². The summed E-state index contributed by atoms with van der Waals surface area (Å²) in [5, 5.41) is 34.5. The van der Waals surface area contributed by atoms with Crippen LogP contribution in [0.1, 0.15) is 0 Å². The van der Waals surface area contributed by atoms with Crippen molar-refractivity contribution in [2.45, 2.75) is 0 Å². The summed E-state index contributed by atoms with van der Waals surface area (Å²) in [6.07, 6.45) is 0. The molecule has 29 heavy (non-hydrogen) atoms. The molecule has 0 saturated heterocycles. The first-order valence-corrected chi connectivity index (χ1v) is 8.54. The summed E-state index contributed by atoms with van der Waals surface area (Å²) in [7, 11) is 0. The largest absolute Gasteiger partial charge is 0.508 e. The van der Waals surface area contributed by atoms with Gasteiger partial charge in [0.1, 0.15) is 23.0 Å². The second kappa shape index (κ2) is 16.7. The zero-order chi connectivity index (χ0) is 20.5. The summed E-state index contributed by atoms with van der Waals surface area (Å²) >= 11 is 0. The van der Waals surface area contributed by atoms with Crippen molar-refractivity contribution in [1.82, 2.24) is 0 Å². The van der Waals surface area contributed by atoms with E-state index in [1.165, 1.54) is 0 Å². The molecule has 4 nitrogen and oxygen atoms in total. The first-order chi connectivity index (χ1) is 13.6. The lowest BCUT2D eigenvalue weighted by atomic mass is 10.3. The fourth-order valence-corrected chi connectivity index (χ4v) is 1.71. The van der Waals surface area contributed by atoms with Gasteiger partial charge in [-0.2, -0.15) is 9.90 Å². The maximum atomic E-state index is 8.63. The minimum Gasteiger partial charge on any atom is -0.508 e. The van der Waals surface area contributed by atoms with E-state index >= 15 is 0 Å². The molecular formula is C24H27O4P. The molecular weight excluding hydrogens is 383 g/mol. The normalized spacial score (nSPS) is 8.28. The zero-order valence-electron chi connectivity index (χ0n) is 16.0. The topological polar surface area (TPSA) is 80.9 Å². The van der Waals surface area contributed by atoms with Gasteiger partial charge in [-0.15, -0.1) is 0 Å². The number of para-hydroxylation sites is 4. The Labute approximate surface area is 175 Å². The molecule has 0 radical (unpaired) electrons. The van der Waals surface area contributed by atoms with Gasteiger partial charge in [0.25, 0.3) is 0 Å². The number of aromatic hydroxyl groups is 4. The molecule has 4 aromatic carbocycles. The van der Waals surface area contributed by atoms with Crippen LogP contribution in [0.5, 0.6) is 23.0 Å². The van der Waals surface area contributed by atoms with E-state index in [0.717, 1.165) is 0 Å². The molecule has 0 spiro atoms. The standard InChI is InChI=1S/4C6H6O.H3P/c4*7-6-4-2-1-3-5-6;/h4*1-5,7H;1H3. The van der Waals surface area contributed by atoms with Crippen molar-refractivity contribution >= 4 is 9.90 Å². The van der Waals surface area contributed by atoms with Gasteiger partial charge >= 0.3 is 0 Å². The number of phenols is 4. The molecule has 1 unspecified atom stereocenters. The molecule has 4 aromatic rings. The molecule has 1 atom stereocenters. The molecule has 0 saturated carbocycles. The Morgan fingerprint density at radius 2 is 0.414 bits per heavy atom. The van der Waals surface area contributed by atoms with E-state index in [4.69, 9.17) is 20.4 Å². The average Bonchev–Trinajstić information content (AvgIpc) is 2.72. The van der Waals surface area contributed by atoms with Gasteiger partial charge in [-0.3, -0.25) is 0 Å². The maximum absolute atomic E-state index is 8.63. The Bertz CT molecular complexity index is 693. The quantitative estimate of drug-likeness (QED) is 0.283. The highest BCUT2D eigenvalue weighted by Crippen LogP contribution is 2.04. The molecule has 0 aliphatic rings. The van der Waals surface area contributed by atoms with E-state index in [9.17, 15) is 0 Å². The van der Waals surface area contributed by atoms with Gasteiger partial charge < -0.3 is 20.4 Å². The highest BCUT2D eigenvalue weighted by Gasteiger charge is 1.76. The molecule has 0 aliphatic heterocycles.